The Kier molecular flexibility index (Phi) is 7.52. The molecule has 1 rings (SSSR count). The van der Waals surface area contributed by atoms with Crippen molar-refractivity contribution in [3.8, 4) is 0 Å². The smallest absolute Gasteiger partial charge is 0.326 e. The number of ether oxygens (including phenoxy) is 1. The highest BCUT2D eigenvalue weighted by Gasteiger charge is 2.41. The van der Waals surface area contributed by atoms with E-state index in [1.807, 2.05) is 6.92 Å². The molecule has 0 amide bonds. The highest BCUT2D eigenvalue weighted by molar-refractivity contribution is 5.81. The lowest BCUT2D eigenvalue weighted by Crippen LogP contribution is -2.56. The number of nitrogens with one attached hydrogen (secondary N) is 1. The maximum absolute atomic E-state index is 12.5. The predicted molar refractivity (Wildman–Crippen MR) is 82.8 cm³/mol. The van der Waals surface area contributed by atoms with Gasteiger partial charge < -0.3 is 9.64 Å². The van der Waals surface area contributed by atoms with Crippen LogP contribution in [0, 0.1) is 0 Å². The third-order valence-electron chi connectivity index (χ3n) is 4.27. The van der Waals surface area contributed by atoms with Gasteiger partial charge in [-0.3, -0.25) is 10.1 Å². The van der Waals surface area contributed by atoms with Gasteiger partial charge in [0.15, 0.2) is 0 Å². The summed E-state index contributed by atoms with van der Waals surface area (Å²) in [5.74, 6) is -0.0568. The third-order valence-corrected chi connectivity index (χ3v) is 4.27. The molecule has 0 aromatic carbocycles. The number of esters is 1. The summed E-state index contributed by atoms with van der Waals surface area (Å²) < 4.78 is 5.36. The first-order chi connectivity index (χ1) is 9.57. The molecular weight excluding hydrogens is 252 g/mol. The van der Waals surface area contributed by atoms with Crippen LogP contribution in [0.5, 0.6) is 0 Å². The maximum Gasteiger partial charge on any atom is 0.326 e. The largest absolute Gasteiger partial charge is 0.465 e. The van der Waals surface area contributed by atoms with E-state index in [4.69, 9.17) is 4.74 Å². The summed E-state index contributed by atoms with van der Waals surface area (Å²) in [6.45, 7) is 12.1. The van der Waals surface area contributed by atoms with Gasteiger partial charge >= 0.3 is 5.97 Å². The molecule has 0 spiro atoms. The van der Waals surface area contributed by atoms with Gasteiger partial charge in [-0.05, 0) is 59.0 Å². The van der Waals surface area contributed by atoms with Crippen molar-refractivity contribution in [2.75, 3.05) is 26.2 Å². The molecule has 1 aliphatic rings. The van der Waals surface area contributed by atoms with Gasteiger partial charge in [0.25, 0.3) is 0 Å². The van der Waals surface area contributed by atoms with E-state index in [0.29, 0.717) is 12.6 Å². The summed E-state index contributed by atoms with van der Waals surface area (Å²) in [5, 5.41) is 3.57. The zero-order chi connectivity index (χ0) is 15.0. The molecule has 118 valence electrons. The van der Waals surface area contributed by atoms with Crippen LogP contribution in [0.3, 0.4) is 0 Å². The fraction of sp³-hybridized carbons (Fsp3) is 0.938. The van der Waals surface area contributed by atoms with Gasteiger partial charge in [0, 0.05) is 12.6 Å². The van der Waals surface area contributed by atoms with Crippen LogP contribution in [-0.4, -0.2) is 48.7 Å². The number of nitrogens with zero attached hydrogens (tertiary/aromatic N) is 1. The summed E-state index contributed by atoms with van der Waals surface area (Å²) in [6, 6.07) is 0.345. The molecule has 1 fully saturated rings. The van der Waals surface area contributed by atoms with Crippen molar-refractivity contribution < 1.29 is 9.53 Å². The predicted octanol–water partition coefficient (Wildman–Crippen LogP) is 2.57. The lowest BCUT2D eigenvalue weighted by atomic mass is 9.89. The second-order valence-corrected chi connectivity index (χ2v) is 5.95. The average Bonchev–Trinajstić information content (AvgIpc) is 2.63. The molecule has 20 heavy (non-hydrogen) atoms. The molecular formula is C16H32N2O2. The number of hydrogen-bond donors (Lipinski definition) is 1. The first kappa shape index (κ1) is 17.4. The molecule has 4 nitrogen and oxygen atoms in total. The van der Waals surface area contributed by atoms with Crippen molar-refractivity contribution in [3.05, 3.63) is 0 Å². The number of rotatable bonds is 7. The van der Waals surface area contributed by atoms with Crippen LogP contribution in [0.4, 0.5) is 0 Å². The molecule has 1 aliphatic heterocycles. The second kappa shape index (κ2) is 8.63. The van der Waals surface area contributed by atoms with E-state index in [0.717, 1.165) is 45.3 Å². The fourth-order valence-electron chi connectivity index (χ4n) is 2.98. The van der Waals surface area contributed by atoms with Gasteiger partial charge in [0.1, 0.15) is 5.54 Å². The zero-order valence-electron chi connectivity index (χ0n) is 13.7. The van der Waals surface area contributed by atoms with Crippen LogP contribution in [0.15, 0.2) is 0 Å². The number of carbonyl (C=O) groups is 1. The van der Waals surface area contributed by atoms with E-state index >= 15 is 0 Å². The Morgan fingerprint density at radius 2 is 2.05 bits per heavy atom. The molecule has 1 saturated heterocycles. The summed E-state index contributed by atoms with van der Waals surface area (Å²) in [7, 11) is 0. The Morgan fingerprint density at radius 3 is 2.65 bits per heavy atom. The van der Waals surface area contributed by atoms with Crippen LogP contribution in [0.2, 0.25) is 0 Å². The van der Waals surface area contributed by atoms with Gasteiger partial charge in [0.05, 0.1) is 6.61 Å². The lowest BCUT2D eigenvalue weighted by Gasteiger charge is -2.34. The second-order valence-electron chi connectivity index (χ2n) is 5.95. The molecule has 0 radical (unpaired) electrons. The van der Waals surface area contributed by atoms with Gasteiger partial charge in [-0.2, -0.15) is 0 Å². The van der Waals surface area contributed by atoms with Crippen molar-refractivity contribution >= 4 is 5.97 Å². The monoisotopic (exact) mass is 284 g/mol. The molecule has 0 aromatic heterocycles. The minimum atomic E-state index is -0.478. The van der Waals surface area contributed by atoms with E-state index in [9.17, 15) is 4.79 Å². The Labute approximate surface area is 124 Å². The van der Waals surface area contributed by atoms with Crippen LogP contribution in [0.25, 0.3) is 0 Å². The standard InChI is InChI=1S/C16H32N2O2/c1-5-11-18-12-8-9-16(10-13-18,15(19)20-7-3)17-14(4)6-2/h14,17H,5-13H2,1-4H3. The van der Waals surface area contributed by atoms with Crippen molar-refractivity contribution in [1.29, 1.82) is 0 Å². The first-order valence-corrected chi connectivity index (χ1v) is 8.25. The summed E-state index contributed by atoms with van der Waals surface area (Å²) >= 11 is 0. The highest BCUT2D eigenvalue weighted by Crippen LogP contribution is 2.25. The Morgan fingerprint density at radius 1 is 1.30 bits per heavy atom. The van der Waals surface area contributed by atoms with Crippen molar-refractivity contribution in [2.45, 2.75) is 71.4 Å². The molecule has 0 aromatic rings. The van der Waals surface area contributed by atoms with Crippen molar-refractivity contribution in [2.24, 2.45) is 0 Å². The fourth-order valence-corrected chi connectivity index (χ4v) is 2.98. The quantitative estimate of drug-likeness (QED) is 0.730. The van der Waals surface area contributed by atoms with E-state index in [-0.39, 0.29) is 5.97 Å². The normalized spacial score (nSPS) is 26.0. The average molecular weight is 284 g/mol. The van der Waals surface area contributed by atoms with E-state index < -0.39 is 5.54 Å². The molecule has 1 N–H and O–H groups in total. The number of likely N-dealkylation sites (tertiary alicyclic amines) is 1. The van der Waals surface area contributed by atoms with E-state index in [1.165, 1.54) is 6.42 Å². The number of carbonyl (C=O) groups excluding carboxylic acids is 1. The van der Waals surface area contributed by atoms with E-state index in [2.05, 4.69) is 31.0 Å². The highest BCUT2D eigenvalue weighted by atomic mass is 16.5. The molecule has 4 heteroatoms. The molecule has 2 atom stereocenters. The molecule has 0 bridgehead atoms. The summed E-state index contributed by atoms with van der Waals surface area (Å²) in [4.78, 5) is 15.0. The molecule has 1 heterocycles. The molecule has 2 unspecified atom stereocenters. The maximum atomic E-state index is 12.5. The molecule has 0 aliphatic carbocycles. The van der Waals surface area contributed by atoms with Crippen LogP contribution >= 0.6 is 0 Å². The van der Waals surface area contributed by atoms with Gasteiger partial charge in [-0.15, -0.1) is 0 Å². The van der Waals surface area contributed by atoms with Crippen LogP contribution < -0.4 is 5.32 Å². The lowest BCUT2D eigenvalue weighted by molar-refractivity contribution is -0.152. The van der Waals surface area contributed by atoms with Gasteiger partial charge in [-0.25, -0.2) is 0 Å². The first-order valence-electron chi connectivity index (χ1n) is 8.25. The minimum absolute atomic E-state index is 0.0568. The Balaban J connectivity index is 2.79. The summed E-state index contributed by atoms with van der Waals surface area (Å²) in [6.07, 6.45) is 5.00. The van der Waals surface area contributed by atoms with E-state index in [1.54, 1.807) is 0 Å². The third kappa shape index (κ3) is 4.74. The Hall–Kier alpha value is -0.610. The summed E-state index contributed by atoms with van der Waals surface area (Å²) in [5.41, 5.74) is -0.478. The van der Waals surface area contributed by atoms with Gasteiger partial charge in [-0.1, -0.05) is 13.8 Å². The van der Waals surface area contributed by atoms with Crippen LogP contribution in [-0.2, 0) is 9.53 Å². The van der Waals surface area contributed by atoms with Gasteiger partial charge in [0.2, 0.25) is 0 Å². The SMILES string of the molecule is CCCN1CCCC(NC(C)CC)(C(=O)OCC)CC1. The topological polar surface area (TPSA) is 41.6 Å². The number of hydrogen-bond acceptors (Lipinski definition) is 4. The zero-order valence-corrected chi connectivity index (χ0v) is 13.7. The Bertz CT molecular complexity index is 296. The van der Waals surface area contributed by atoms with Crippen LogP contribution in [0.1, 0.15) is 59.8 Å². The van der Waals surface area contributed by atoms with Crippen molar-refractivity contribution in [1.82, 2.24) is 10.2 Å². The molecule has 0 saturated carbocycles. The van der Waals surface area contributed by atoms with Crippen molar-refractivity contribution in [3.63, 3.8) is 0 Å². The minimum Gasteiger partial charge on any atom is -0.465 e.